The Morgan fingerprint density at radius 3 is 2.06 bits per heavy atom. The highest BCUT2D eigenvalue weighted by Gasteiger charge is 2.25. The van der Waals surface area contributed by atoms with Gasteiger partial charge in [-0.05, 0) is 11.8 Å². The fourth-order valence-electron chi connectivity index (χ4n) is 2.35. The molecule has 92 valence electrons. The second-order valence-corrected chi connectivity index (χ2v) is 6.22. The first kappa shape index (κ1) is 12.7. The van der Waals surface area contributed by atoms with Crippen LogP contribution in [0.25, 0.3) is 0 Å². The van der Waals surface area contributed by atoms with Crippen LogP contribution in [0, 0.1) is 0 Å². The molecular formula is C15H22NS+. The van der Waals surface area contributed by atoms with Crippen LogP contribution < -0.4 is 0 Å². The molecule has 0 N–H and O–H groups in total. The summed E-state index contributed by atoms with van der Waals surface area (Å²) in [6.45, 7) is 10.3. The summed E-state index contributed by atoms with van der Waals surface area (Å²) in [5.74, 6) is 2.38. The van der Waals surface area contributed by atoms with Crippen molar-refractivity contribution in [1.29, 1.82) is 0 Å². The minimum absolute atomic E-state index is 0.586. The van der Waals surface area contributed by atoms with Gasteiger partial charge < -0.3 is 0 Å². The van der Waals surface area contributed by atoms with E-state index in [0.717, 1.165) is 6.54 Å². The van der Waals surface area contributed by atoms with Crippen molar-refractivity contribution in [3.05, 3.63) is 29.3 Å². The third kappa shape index (κ3) is 2.57. The van der Waals surface area contributed by atoms with Crippen molar-refractivity contribution in [3.63, 3.8) is 0 Å². The van der Waals surface area contributed by atoms with Crippen molar-refractivity contribution < 1.29 is 4.58 Å². The lowest BCUT2D eigenvalue weighted by Gasteiger charge is -2.15. The summed E-state index contributed by atoms with van der Waals surface area (Å²) in [6, 6.07) is 6.77. The number of hydrogen-bond donors (Lipinski definition) is 0. The zero-order valence-corrected chi connectivity index (χ0v) is 12.1. The summed E-state index contributed by atoms with van der Waals surface area (Å²) in [4.78, 5) is 0. The highest BCUT2D eigenvalue weighted by atomic mass is 32.2. The largest absolute Gasteiger partial charge is 0.212 e. The van der Waals surface area contributed by atoms with E-state index in [4.69, 9.17) is 0 Å². The number of benzene rings is 1. The van der Waals surface area contributed by atoms with Crippen LogP contribution in [-0.2, 0) is 0 Å². The average molecular weight is 248 g/mol. The molecule has 0 aliphatic carbocycles. The van der Waals surface area contributed by atoms with Crippen LogP contribution in [0.3, 0.4) is 0 Å². The minimum atomic E-state index is 0.586. The van der Waals surface area contributed by atoms with E-state index in [1.807, 2.05) is 11.8 Å². The fourth-order valence-corrected chi connectivity index (χ4v) is 3.15. The average Bonchev–Trinajstić information content (AvgIpc) is 2.80. The zero-order valence-electron chi connectivity index (χ0n) is 11.2. The quantitative estimate of drug-likeness (QED) is 0.719. The van der Waals surface area contributed by atoms with Crippen molar-refractivity contribution in [2.24, 2.45) is 0 Å². The van der Waals surface area contributed by atoms with Gasteiger partial charge in [-0.1, -0.05) is 57.7 Å². The Morgan fingerprint density at radius 2 is 1.65 bits per heavy atom. The molecule has 0 saturated carbocycles. The summed E-state index contributed by atoms with van der Waals surface area (Å²) in [5.41, 5.74) is 6.71. The van der Waals surface area contributed by atoms with Crippen molar-refractivity contribution in [1.82, 2.24) is 0 Å². The van der Waals surface area contributed by atoms with Gasteiger partial charge in [0.15, 0.2) is 6.54 Å². The molecule has 0 aromatic heterocycles. The van der Waals surface area contributed by atoms with Gasteiger partial charge in [0, 0.05) is 11.1 Å². The highest BCUT2D eigenvalue weighted by molar-refractivity contribution is 8.12. The summed E-state index contributed by atoms with van der Waals surface area (Å²) < 4.78 is 2.44. The first-order valence-electron chi connectivity index (χ1n) is 6.45. The van der Waals surface area contributed by atoms with Gasteiger partial charge in [0.2, 0.25) is 11.2 Å². The van der Waals surface area contributed by atoms with Crippen molar-refractivity contribution in [2.45, 2.75) is 39.5 Å². The Hall–Kier alpha value is -0.760. The maximum Gasteiger partial charge on any atom is 0.212 e. The van der Waals surface area contributed by atoms with Gasteiger partial charge in [0.25, 0.3) is 0 Å². The van der Waals surface area contributed by atoms with E-state index >= 15 is 0 Å². The van der Waals surface area contributed by atoms with E-state index in [9.17, 15) is 0 Å². The molecule has 0 spiro atoms. The van der Waals surface area contributed by atoms with Crippen LogP contribution in [0.1, 0.15) is 50.7 Å². The van der Waals surface area contributed by atoms with Gasteiger partial charge >= 0.3 is 0 Å². The number of para-hydroxylation sites is 1. The molecule has 0 bridgehead atoms. The lowest BCUT2D eigenvalue weighted by Crippen LogP contribution is -2.10. The molecule has 1 aromatic rings. The third-order valence-electron chi connectivity index (χ3n) is 3.28. The molecule has 1 aliphatic rings. The van der Waals surface area contributed by atoms with Crippen molar-refractivity contribution >= 4 is 23.0 Å². The van der Waals surface area contributed by atoms with E-state index in [0.29, 0.717) is 11.8 Å². The molecule has 0 radical (unpaired) electrons. The predicted octanol–water partition coefficient (Wildman–Crippen LogP) is 4.35. The van der Waals surface area contributed by atoms with Crippen LogP contribution in [0.5, 0.6) is 0 Å². The molecule has 1 aliphatic heterocycles. The number of rotatable bonds is 3. The van der Waals surface area contributed by atoms with E-state index in [1.165, 1.54) is 22.6 Å². The van der Waals surface area contributed by atoms with E-state index < -0.39 is 0 Å². The molecule has 0 unspecified atom stereocenters. The van der Waals surface area contributed by atoms with Crippen molar-refractivity contribution in [2.75, 3.05) is 12.3 Å². The highest BCUT2D eigenvalue weighted by Crippen LogP contribution is 2.35. The zero-order chi connectivity index (χ0) is 12.4. The lowest BCUT2D eigenvalue weighted by atomic mass is 9.92. The monoisotopic (exact) mass is 248 g/mol. The second kappa shape index (κ2) is 5.26. The molecule has 1 nitrogen and oxygen atoms in total. The van der Waals surface area contributed by atoms with E-state index in [-0.39, 0.29) is 0 Å². The minimum Gasteiger partial charge on any atom is -0.192 e. The number of thioether (sulfide) groups is 1. The van der Waals surface area contributed by atoms with Crippen LogP contribution in [0.15, 0.2) is 18.2 Å². The van der Waals surface area contributed by atoms with Crippen LogP contribution >= 0.6 is 11.8 Å². The molecule has 1 aromatic carbocycles. The summed E-state index contributed by atoms with van der Waals surface area (Å²) in [6.07, 6.45) is 0. The van der Waals surface area contributed by atoms with Crippen LogP contribution in [0.2, 0.25) is 0 Å². The van der Waals surface area contributed by atoms with E-state index in [2.05, 4.69) is 56.0 Å². The maximum absolute atomic E-state index is 2.44. The third-order valence-corrected chi connectivity index (χ3v) is 4.10. The van der Waals surface area contributed by atoms with Gasteiger partial charge in [0.1, 0.15) is 0 Å². The standard InChI is InChI=1S/C15H22NS/c1-11(2)13-6-5-7-14(12(3)4)15(13)16-8-9-17-10-16/h5-7,10-12H,8-9H2,1-4H3/q+1. The fraction of sp³-hybridized carbons (Fsp3) is 0.533. The van der Waals surface area contributed by atoms with Crippen molar-refractivity contribution in [3.8, 4) is 0 Å². The molecule has 1 heterocycles. The van der Waals surface area contributed by atoms with Gasteiger partial charge in [-0.25, -0.2) is 0 Å². The molecule has 17 heavy (non-hydrogen) atoms. The topological polar surface area (TPSA) is 3.01 Å². The van der Waals surface area contributed by atoms with E-state index in [1.54, 1.807) is 0 Å². The van der Waals surface area contributed by atoms with Gasteiger partial charge in [-0.2, -0.15) is 4.58 Å². The molecule has 2 rings (SSSR count). The molecule has 0 fully saturated rings. The smallest absolute Gasteiger partial charge is 0.192 e. The molecule has 0 saturated heterocycles. The summed E-state index contributed by atoms with van der Waals surface area (Å²) in [5, 5.41) is 0. The van der Waals surface area contributed by atoms with Crippen LogP contribution in [-0.4, -0.2) is 22.4 Å². The number of hydrogen-bond acceptors (Lipinski definition) is 1. The Bertz CT molecular complexity index is 406. The summed E-state index contributed by atoms with van der Waals surface area (Å²) in [7, 11) is 0. The Morgan fingerprint density at radius 1 is 1.06 bits per heavy atom. The SMILES string of the molecule is CC(C)c1cccc(C(C)C)c1[N+]1=CSCC1. The Labute approximate surface area is 109 Å². The normalized spacial score (nSPS) is 15.8. The molecule has 0 atom stereocenters. The van der Waals surface area contributed by atoms with Crippen LogP contribution in [0.4, 0.5) is 5.69 Å². The van der Waals surface area contributed by atoms with Gasteiger partial charge in [0.05, 0.1) is 5.75 Å². The Kier molecular flexibility index (Phi) is 3.93. The maximum atomic E-state index is 2.44. The Balaban J connectivity index is 2.57. The first-order valence-corrected chi connectivity index (χ1v) is 7.50. The molecule has 2 heteroatoms. The van der Waals surface area contributed by atoms with Gasteiger partial charge in [-0.3, -0.25) is 0 Å². The molecular weight excluding hydrogens is 226 g/mol. The van der Waals surface area contributed by atoms with Gasteiger partial charge in [-0.15, -0.1) is 0 Å². The summed E-state index contributed by atoms with van der Waals surface area (Å²) >= 11 is 1.92. The number of nitrogens with zero attached hydrogens (tertiary/aromatic N) is 1. The predicted molar refractivity (Wildman–Crippen MR) is 77.9 cm³/mol. The second-order valence-electron chi connectivity index (χ2n) is 5.26. The molecule has 0 amide bonds. The lowest BCUT2D eigenvalue weighted by molar-refractivity contribution is -0.425. The first-order chi connectivity index (χ1) is 8.11.